The Bertz CT molecular complexity index is 2730. The molecule has 0 N–H and O–H groups in total. The first-order valence-corrected chi connectivity index (χ1v) is 23.0. The van der Waals surface area contributed by atoms with Crippen molar-refractivity contribution in [3.05, 3.63) is 120 Å². The fraction of sp³-hybridized carbons (Fsp3) is 0.122. The minimum atomic E-state index is -1.78. The van der Waals surface area contributed by atoms with E-state index in [1.165, 1.54) is 21.5 Å². The standard InChI is InChI=1S/C41H31N3O2Si2.Pt/c1-47(2,3)26-16-18-42-37(22-26)44-32-11-7-6-9-27(32)28-13-12-24(20-33(28)44)45-25-19-30-38-35(21-25)46-34-14-15-36-39(40(34)38)31(23-48(36,4)5)29-10-8-17-43-41(29)30;/h6-18,21-23H,1-5H3;/q-2;+2. The SMILES string of the molecule is C[Si](C)(C)c1ccnc(-n2c3[c-]c(Oc4[c-]c5c6c(c4)oc4ccc7c(c46)C(=C[Si]7(C)C)c4cccnc4-5)ccc3c3ccccc32)c1.[Pt+2]. The predicted octanol–water partition coefficient (Wildman–Crippen LogP) is 9.29. The Morgan fingerprint density at radius 2 is 1.65 bits per heavy atom. The van der Waals surface area contributed by atoms with E-state index in [1.807, 2.05) is 30.6 Å². The van der Waals surface area contributed by atoms with Gasteiger partial charge in [0.2, 0.25) is 0 Å². The number of para-hydroxylation sites is 1. The van der Waals surface area contributed by atoms with Gasteiger partial charge in [-0.25, -0.2) is 4.98 Å². The summed E-state index contributed by atoms with van der Waals surface area (Å²) in [4.78, 5) is 9.78. The molecule has 240 valence electrons. The number of benzene rings is 4. The van der Waals surface area contributed by atoms with E-state index in [0.29, 0.717) is 11.5 Å². The number of nitrogens with zero attached hydrogens (tertiary/aromatic N) is 3. The molecule has 0 radical (unpaired) electrons. The van der Waals surface area contributed by atoms with Gasteiger partial charge in [-0.05, 0) is 68.7 Å². The Kier molecular flexibility index (Phi) is 6.52. The summed E-state index contributed by atoms with van der Waals surface area (Å²) in [6.45, 7) is 11.9. The largest absolute Gasteiger partial charge is 2.00 e. The van der Waals surface area contributed by atoms with Gasteiger partial charge in [-0.1, -0.05) is 97.0 Å². The third kappa shape index (κ3) is 4.38. The van der Waals surface area contributed by atoms with Crippen molar-refractivity contribution in [3.63, 3.8) is 0 Å². The normalized spacial score (nSPS) is 14.3. The van der Waals surface area contributed by atoms with Gasteiger partial charge in [0.05, 0.1) is 13.7 Å². The molecule has 8 heteroatoms. The van der Waals surface area contributed by atoms with Crippen LogP contribution in [0.2, 0.25) is 32.7 Å². The third-order valence-corrected chi connectivity index (χ3v) is 14.9. The van der Waals surface area contributed by atoms with Crippen molar-refractivity contribution in [2.45, 2.75) is 32.7 Å². The zero-order valence-corrected chi connectivity index (χ0v) is 32.0. The van der Waals surface area contributed by atoms with Gasteiger partial charge >= 0.3 is 21.1 Å². The van der Waals surface area contributed by atoms with Crippen LogP contribution in [0.3, 0.4) is 0 Å². The molecule has 0 fully saturated rings. The van der Waals surface area contributed by atoms with Crippen molar-refractivity contribution >= 4 is 75.8 Å². The second kappa shape index (κ2) is 10.5. The maximum atomic E-state index is 6.64. The number of fused-ring (bicyclic) bond motifs is 6. The smallest absolute Gasteiger partial charge is 0.503 e. The van der Waals surface area contributed by atoms with Crippen molar-refractivity contribution in [3.8, 4) is 28.6 Å². The van der Waals surface area contributed by atoms with Gasteiger partial charge in [0.25, 0.3) is 0 Å². The Morgan fingerprint density at radius 3 is 2.51 bits per heavy atom. The Balaban J connectivity index is 0.00000325. The minimum absolute atomic E-state index is 0. The van der Waals surface area contributed by atoms with E-state index in [0.717, 1.165) is 66.4 Å². The second-order valence-corrected chi connectivity index (χ2v) is 23.9. The average Bonchev–Trinajstić information content (AvgIpc) is 3.67. The molecule has 5 nitrogen and oxygen atoms in total. The Morgan fingerprint density at radius 1 is 0.796 bits per heavy atom. The van der Waals surface area contributed by atoms with Crippen LogP contribution >= 0.6 is 0 Å². The van der Waals surface area contributed by atoms with Crippen molar-refractivity contribution in [2.75, 3.05) is 0 Å². The molecule has 0 saturated heterocycles. The first kappa shape index (κ1) is 30.5. The van der Waals surface area contributed by atoms with Crippen molar-refractivity contribution in [1.82, 2.24) is 14.5 Å². The van der Waals surface area contributed by atoms with Crippen LogP contribution in [0.4, 0.5) is 0 Å². The molecular formula is C41H31N3O2PtSi2. The van der Waals surface area contributed by atoms with Crippen molar-refractivity contribution < 1.29 is 30.2 Å². The van der Waals surface area contributed by atoms with Crippen LogP contribution < -0.4 is 15.1 Å². The van der Waals surface area contributed by atoms with Crippen LogP contribution in [-0.4, -0.2) is 30.7 Å². The molecule has 0 spiro atoms. The molecule has 0 atom stereocenters. The first-order chi connectivity index (χ1) is 23.2. The molecule has 4 aromatic carbocycles. The van der Waals surface area contributed by atoms with E-state index >= 15 is 0 Å². The Labute approximate surface area is 300 Å². The van der Waals surface area contributed by atoms with Crippen molar-refractivity contribution in [1.29, 1.82) is 0 Å². The Hall–Kier alpha value is -4.56. The van der Waals surface area contributed by atoms with Crippen LogP contribution in [-0.2, 0) is 21.1 Å². The molecule has 10 rings (SSSR count). The van der Waals surface area contributed by atoms with E-state index in [9.17, 15) is 0 Å². The van der Waals surface area contributed by atoms with E-state index in [2.05, 4.69) is 116 Å². The molecule has 1 aliphatic carbocycles. The molecule has 0 bridgehead atoms. The summed E-state index contributed by atoms with van der Waals surface area (Å²) in [6.07, 6.45) is 3.79. The third-order valence-electron chi connectivity index (χ3n) is 10.1. The van der Waals surface area contributed by atoms with Crippen LogP contribution in [0.15, 0.2) is 101 Å². The monoisotopic (exact) mass is 848 g/mol. The van der Waals surface area contributed by atoms with Gasteiger partial charge in [0.15, 0.2) is 0 Å². The molecule has 0 saturated carbocycles. The summed E-state index contributed by atoms with van der Waals surface area (Å²) >= 11 is 0. The van der Waals surface area contributed by atoms with E-state index < -0.39 is 16.1 Å². The fourth-order valence-corrected chi connectivity index (χ4v) is 11.5. The van der Waals surface area contributed by atoms with Crippen LogP contribution in [0, 0.1) is 12.1 Å². The first-order valence-electron chi connectivity index (χ1n) is 16.4. The molecule has 4 aromatic heterocycles. The number of aromatic nitrogens is 3. The number of hydrogen-bond acceptors (Lipinski definition) is 4. The molecular weight excluding hydrogens is 818 g/mol. The number of furan rings is 1. The maximum absolute atomic E-state index is 6.64. The van der Waals surface area contributed by atoms with Gasteiger partial charge < -0.3 is 18.7 Å². The van der Waals surface area contributed by atoms with Crippen LogP contribution in [0.5, 0.6) is 11.5 Å². The molecule has 2 aliphatic rings. The summed E-state index contributed by atoms with van der Waals surface area (Å²) in [7, 11) is -3.34. The summed E-state index contributed by atoms with van der Waals surface area (Å²) in [5.74, 6) is 2.05. The van der Waals surface area contributed by atoms with Crippen LogP contribution in [0.25, 0.3) is 66.4 Å². The minimum Gasteiger partial charge on any atom is -0.503 e. The van der Waals surface area contributed by atoms with Crippen LogP contribution in [0.1, 0.15) is 11.1 Å². The van der Waals surface area contributed by atoms with E-state index in [1.54, 1.807) is 0 Å². The topological polar surface area (TPSA) is 53.1 Å². The number of pyridine rings is 2. The number of hydrogen-bond donors (Lipinski definition) is 0. The summed E-state index contributed by atoms with van der Waals surface area (Å²) in [6, 6.07) is 34.8. The number of ether oxygens (including phenoxy) is 1. The zero-order valence-electron chi connectivity index (χ0n) is 27.7. The molecule has 5 heterocycles. The molecule has 0 amide bonds. The average molecular weight is 849 g/mol. The summed E-state index contributed by atoms with van der Waals surface area (Å²) in [5, 5.41) is 7.27. The van der Waals surface area contributed by atoms with Gasteiger partial charge in [-0.15, -0.1) is 23.1 Å². The molecule has 8 aromatic rings. The number of rotatable bonds is 4. The molecule has 49 heavy (non-hydrogen) atoms. The fourth-order valence-electron chi connectivity index (χ4n) is 7.79. The molecule has 1 aliphatic heterocycles. The predicted molar refractivity (Wildman–Crippen MR) is 200 cm³/mol. The van der Waals surface area contributed by atoms with Gasteiger partial charge in [0.1, 0.15) is 19.5 Å². The van der Waals surface area contributed by atoms with Gasteiger partial charge in [-0.2, -0.15) is 6.07 Å². The molecule has 0 unspecified atom stereocenters. The van der Waals surface area contributed by atoms with Crippen molar-refractivity contribution in [2.24, 2.45) is 0 Å². The van der Waals surface area contributed by atoms with Gasteiger partial charge in [0, 0.05) is 29.4 Å². The van der Waals surface area contributed by atoms with E-state index in [-0.39, 0.29) is 21.1 Å². The quantitative estimate of drug-likeness (QED) is 0.131. The maximum Gasteiger partial charge on any atom is 2.00 e. The zero-order chi connectivity index (χ0) is 32.5. The van der Waals surface area contributed by atoms with Gasteiger partial charge in [-0.3, -0.25) is 0 Å². The summed E-state index contributed by atoms with van der Waals surface area (Å²) in [5.41, 5.74) is 11.7. The van der Waals surface area contributed by atoms with E-state index in [4.69, 9.17) is 19.1 Å². The summed E-state index contributed by atoms with van der Waals surface area (Å²) < 4.78 is 15.4. The second-order valence-electron chi connectivity index (χ2n) is 14.6.